The molecule has 104 valence electrons. The molecule has 1 rings (SSSR count). The molecule has 0 aliphatic rings. The smallest absolute Gasteiger partial charge is 0.303 e. The third-order valence-corrected chi connectivity index (χ3v) is 3.02. The Morgan fingerprint density at radius 2 is 2.00 bits per heavy atom. The summed E-state index contributed by atoms with van der Waals surface area (Å²) in [5.74, 6) is -0.719. The summed E-state index contributed by atoms with van der Waals surface area (Å²) in [6.07, 6.45) is 5.18. The molecule has 0 saturated heterocycles. The molecule has 19 heavy (non-hydrogen) atoms. The van der Waals surface area contributed by atoms with Crippen molar-refractivity contribution in [2.45, 2.75) is 32.7 Å². The number of aliphatic carboxylic acids is 1. The van der Waals surface area contributed by atoms with Crippen LogP contribution in [0.2, 0.25) is 0 Å². The van der Waals surface area contributed by atoms with E-state index in [4.69, 9.17) is 5.11 Å². The van der Waals surface area contributed by atoms with Crippen LogP contribution in [0.25, 0.3) is 6.08 Å². The number of carboxylic acids is 1. The zero-order valence-electron chi connectivity index (χ0n) is 11.7. The highest BCUT2D eigenvalue weighted by Crippen LogP contribution is 2.05. The lowest BCUT2D eigenvalue weighted by Crippen LogP contribution is -2.32. The van der Waals surface area contributed by atoms with Crippen LogP contribution in [0, 0.1) is 0 Å². The summed E-state index contributed by atoms with van der Waals surface area (Å²) in [6.45, 7) is 5.95. The van der Waals surface area contributed by atoms with E-state index in [0.29, 0.717) is 12.5 Å². The predicted molar refractivity (Wildman–Crippen MR) is 79.1 cm³/mol. The maximum Gasteiger partial charge on any atom is 0.303 e. The summed E-state index contributed by atoms with van der Waals surface area (Å²) in [5.41, 5.74) is 1.19. The minimum atomic E-state index is -0.719. The van der Waals surface area contributed by atoms with Crippen molar-refractivity contribution in [1.82, 2.24) is 4.90 Å². The number of nitrogens with zero attached hydrogens (tertiary/aromatic N) is 1. The number of carbonyl (C=O) groups is 1. The lowest BCUT2D eigenvalue weighted by atomic mass is 10.2. The van der Waals surface area contributed by atoms with Gasteiger partial charge >= 0.3 is 5.97 Å². The van der Waals surface area contributed by atoms with Crippen LogP contribution in [-0.2, 0) is 4.79 Å². The van der Waals surface area contributed by atoms with Crippen molar-refractivity contribution in [3.8, 4) is 0 Å². The molecule has 0 saturated carbocycles. The molecular formula is C16H23NO2. The van der Waals surface area contributed by atoms with Crippen molar-refractivity contribution in [3.05, 3.63) is 42.0 Å². The van der Waals surface area contributed by atoms with E-state index in [1.54, 1.807) is 0 Å². The highest BCUT2D eigenvalue weighted by molar-refractivity contribution is 5.66. The highest BCUT2D eigenvalue weighted by atomic mass is 16.4. The van der Waals surface area contributed by atoms with E-state index in [1.807, 2.05) is 18.2 Å². The van der Waals surface area contributed by atoms with E-state index < -0.39 is 5.97 Å². The zero-order chi connectivity index (χ0) is 14.1. The second kappa shape index (κ2) is 8.48. The third kappa shape index (κ3) is 6.77. The summed E-state index contributed by atoms with van der Waals surface area (Å²) in [7, 11) is 0. The van der Waals surface area contributed by atoms with Gasteiger partial charge in [-0.3, -0.25) is 9.69 Å². The monoisotopic (exact) mass is 261 g/mol. The van der Waals surface area contributed by atoms with Crippen molar-refractivity contribution in [2.75, 3.05) is 13.1 Å². The molecule has 0 aromatic heterocycles. The van der Waals surface area contributed by atoms with Crippen LogP contribution >= 0.6 is 0 Å². The van der Waals surface area contributed by atoms with Crippen LogP contribution < -0.4 is 0 Å². The average Bonchev–Trinajstić information content (AvgIpc) is 2.37. The molecule has 0 aliphatic carbocycles. The van der Waals surface area contributed by atoms with E-state index >= 15 is 0 Å². The molecule has 0 aliphatic heterocycles. The minimum Gasteiger partial charge on any atom is -0.481 e. The van der Waals surface area contributed by atoms with Crippen molar-refractivity contribution >= 4 is 12.0 Å². The molecule has 0 atom stereocenters. The fraction of sp³-hybridized carbons (Fsp3) is 0.438. The first-order chi connectivity index (χ1) is 9.09. The average molecular weight is 261 g/mol. The summed E-state index contributed by atoms with van der Waals surface area (Å²) in [5, 5.41) is 8.66. The van der Waals surface area contributed by atoms with Gasteiger partial charge in [-0.1, -0.05) is 42.5 Å². The molecule has 1 N–H and O–H groups in total. The van der Waals surface area contributed by atoms with E-state index in [-0.39, 0.29) is 6.42 Å². The number of carboxylic acid groups (broad SMARTS) is 1. The van der Waals surface area contributed by atoms with Crippen LogP contribution in [0.1, 0.15) is 32.3 Å². The highest BCUT2D eigenvalue weighted by Gasteiger charge is 2.08. The van der Waals surface area contributed by atoms with Gasteiger partial charge in [0.25, 0.3) is 0 Å². The normalized spacial score (nSPS) is 11.6. The van der Waals surface area contributed by atoms with Gasteiger partial charge in [0, 0.05) is 19.0 Å². The van der Waals surface area contributed by atoms with Crippen molar-refractivity contribution in [2.24, 2.45) is 0 Å². The van der Waals surface area contributed by atoms with Crippen LogP contribution in [0.5, 0.6) is 0 Å². The number of hydrogen-bond donors (Lipinski definition) is 1. The molecule has 0 unspecified atom stereocenters. The Bertz CT molecular complexity index is 398. The fourth-order valence-electron chi connectivity index (χ4n) is 1.88. The first-order valence-corrected chi connectivity index (χ1v) is 6.77. The van der Waals surface area contributed by atoms with Crippen molar-refractivity contribution in [3.63, 3.8) is 0 Å². The zero-order valence-corrected chi connectivity index (χ0v) is 11.7. The third-order valence-electron chi connectivity index (χ3n) is 3.02. The van der Waals surface area contributed by atoms with E-state index in [2.05, 4.69) is 43.0 Å². The minimum absolute atomic E-state index is 0.242. The van der Waals surface area contributed by atoms with Gasteiger partial charge in [-0.15, -0.1) is 0 Å². The van der Waals surface area contributed by atoms with Gasteiger partial charge in [0.15, 0.2) is 0 Å². The Kier molecular flexibility index (Phi) is 6.90. The molecule has 0 heterocycles. The molecule has 0 amide bonds. The molecule has 0 fully saturated rings. The first kappa shape index (κ1) is 15.4. The molecule has 0 spiro atoms. The van der Waals surface area contributed by atoms with Gasteiger partial charge in [0.1, 0.15) is 0 Å². The summed E-state index contributed by atoms with van der Waals surface area (Å²) < 4.78 is 0. The molecular weight excluding hydrogens is 238 g/mol. The Balaban J connectivity index is 2.41. The van der Waals surface area contributed by atoms with E-state index in [0.717, 1.165) is 13.1 Å². The van der Waals surface area contributed by atoms with Gasteiger partial charge in [-0.25, -0.2) is 0 Å². The standard InChI is InChI=1S/C16H23NO2/c1-14(2)17(13-7-11-16(18)19)12-6-10-15-8-4-3-5-9-15/h3-6,8-10,14H,7,11-13H2,1-2H3,(H,18,19)/b10-6+. The predicted octanol–water partition coefficient (Wildman–Crippen LogP) is 3.28. The molecule has 3 heteroatoms. The topological polar surface area (TPSA) is 40.5 Å². The van der Waals surface area contributed by atoms with Crippen LogP contribution in [0.4, 0.5) is 0 Å². The van der Waals surface area contributed by atoms with Crippen LogP contribution in [-0.4, -0.2) is 35.1 Å². The van der Waals surface area contributed by atoms with Gasteiger partial charge in [0.05, 0.1) is 0 Å². The maximum absolute atomic E-state index is 10.5. The first-order valence-electron chi connectivity index (χ1n) is 6.77. The Morgan fingerprint density at radius 3 is 2.58 bits per heavy atom. The van der Waals surface area contributed by atoms with Crippen LogP contribution in [0.15, 0.2) is 36.4 Å². The van der Waals surface area contributed by atoms with Crippen molar-refractivity contribution < 1.29 is 9.90 Å². The van der Waals surface area contributed by atoms with Gasteiger partial charge in [0.2, 0.25) is 0 Å². The fourth-order valence-corrected chi connectivity index (χ4v) is 1.88. The number of hydrogen-bond acceptors (Lipinski definition) is 2. The van der Waals surface area contributed by atoms with E-state index in [1.165, 1.54) is 5.56 Å². The van der Waals surface area contributed by atoms with Gasteiger partial charge in [-0.2, -0.15) is 0 Å². The van der Waals surface area contributed by atoms with E-state index in [9.17, 15) is 4.79 Å². The van der Waals surface area contributed by atoms with Gasteiger partial charge in [-0.05, 0) is 32.4 Å². The van der Waals surface area contributed by atoms with Crippen molar-refractivity contribution in [1.29, 1.82) is 0 Å². The maximum atomic E-state index is 10.5. The molecule has 0 bridgehead atoms. The summed E-state index contributed by atoms with van der Waals surface area (Å²) in [6, 6.07) is 10.6. The number of benzene rings is 1. The second-order valence-electron chi connectivity index (χ2n) is 4.90. The second-order valence-corrected chi connectivity index (χ2v) is 4.90. The molecule has 1 aromatic rings. The Morgan fingerprint density at radius 1 is 1.32 bits per heavy atom. The quantitative estimate of drug-likeness (QED) is 0.780. The molecule has 0 radical (unpaired) electrons. The Labute approximate surface area is 115 Å². The summed E-state index contributed by atoms with van der Waals surface area (Å²) >= 11 is 0. The Hall–Kier alpha value is -1.61. The SMILES string of the molecule is CC(C)N(C/C=C/c1ccccc1)CCCC(=O)O. The lowest BCUT2D eigenvalue weighted by molar-refractivity contribution is -0.137. The molecule has 3 nitrogen and oxygen atoms in total. The largest absolute Gasteiger partial charge is 0.481 e. The summed E-state index contributed by atoms with van der Waals surface area (Å²) in [4.78, 5) is 12.8. The number of rotatable bonds is 8. The van der Waals surface area contributed by atoms with Crippen LogP contribution in [0.3, 0.4) is 0 Å². The van der Waals surface area contributed by atoms with Gasteiger partial charge < -0.3 is 5.11 Å². The molecule has 1 aromatic carbocycles. The lowest BCUT2D eigenvalue weighted by Gasteiger charge is -2.24.